The van der Waals surface area contributed by atoms with Gasteiger partial charge in [0.2, 0.25) is 0 Å². The molecule has 5 heteroatoms. The van der Waals surface area contributed by atoms with E-state index in [1.165, 1.54) is 38.9 Å². The molecule has 2 heterocycles. The lowest BCUT2D eigenvalue weighted by Gasteiger charge is -2.14. The Morgan fingerprint density at radius 1 is 1.28 bits per heavy atom. The fourth-order valence-electron chi connectivity index (χ4n) is 2.21. The lowest BCUT2D eigenvalue weighted by molar-refractivity contribution is 0.331. The van der Waals surface area contributed by atoms with Crippen LogP contribution in [0.3, 0.4) is 0 Å². The van der Waals surface area contributed by atoms with Crippen LogP contribution in [0, 0.1) is 0 Å². The smallest absolute Gasteiger partial charge is 0.0684 e. The van der Waals surface area contributed by atoms with Crippen LogP contribution < -0.4 is 5.32 Å². The predicted octanol–water partition coefficient (Wildman–Crippen LogP) is 3.18. The third kappa shape index (κ3) is 4.61. The fraction of sp³-hybridized carbons (Fsp3) is 0.615. The second kappa shape index (κ2) is 7.58. The van der Waals surface area contributed by atoms with E-state index < -0.39 is 0 Å². The highest BCUT2D eigenvalue weighted by atomic mass is 79.9. The molecule has 0 amide bonds. The monoisotopic (exact) mass is 375 g/mol. The number of nitrogens with zero attached hydrogens (tertiary/aromatic N) is 2. The van der Waals surface area contributed by atoms with Gasteiger partial charge in [0.15, 0.2) is 0 Å². The zero-order valence-corrected chi connectivity index (χ0v) is 13.6. The summed E-state index contributed by atoms with van der Waals surface area (Å²) in [6, 6.07) is 2.04. The molecule has 0 saturated carbocycles. The molecule has 1 aromatic heterocycles. The number of halogens is 2. The summed E-state index contributed by atoms with van der Waals surface area (Å²) < 4.78 is 2.07. The number of rotatable bonds is 6. The summed E-state index contributed by atoms with van der Waals surface area (Å²) in [5, 5.41) is 3.45. The Morgan fingerprint density at radius 3 is 2.78 bits per heavy atom. The Hall–Kier alpha value is 0.0300. The van der Waals surface area contributed by atoms with E-state index in [0.717, 1.165) is 27.7 Å². The van der Waals surface area contributed by atoms with Crippen molar-refractivity contribution in [1.82, 2.24) is 15.2 Å². The summed E-state index contributed by atoms with van der Waals surface area (Å²) >= 11 is 6.94. The molecule has 18 heavy (non-hydrogen) atoms. The molecule has 1 aromatic rings. The molecule has 0 atom stereocenters. The second-order valence-electron chi connectivity index (χ2n) is 4.66. The first-order valence-electron chi connectivity index (χ1n) is 6.49. The molecule has 0 radical (unpaired) electrons. The highest BCUT2D eigenvalue weighted by molar-refractivity contribution is 9.11. The van der Waals surface area contributed by atoms with Gasteiger partial charge in [0.1, 0.15) is 0 Å². The lowest BCUT2D eigenvalue weighted by atomic mass is 10.3. The Bertz CT molecular complexity index is 378. The van der Waals surface area contributed by atoms with Gasteiger partial charge in [0.05, 0.1) is 5.69 Å². The minimum absolute atomic E-state index is 0.827. The van der Waals surface area contributed by atoms with E-state index in [-0.39, 0.29) is 0 Å². The molecule has 2 rings (SSSR count). The Balaban J connectivity index is 1.62. The first-order valence-corrected chi connectivity index (χ1v) is 8.07. The minimum atomic E-state index is 0.827. The van der Waals surface area contributed by atoms with Crippen LogP contribution in [-0.4, -0.2) is 36.1 Å². The van der Waals surface area contributed by atoms with E-state index in [2.05, 4.69) is 47.1 Å². The highest BCUT2D eigenvalue weighted by Crippen LogP contribution is 2.19. The van der Waals surface area contributed by atoms with Crippen LogP contribution in [0.25, 0.3) is 0 Å². The largest absolute Gasteiger partial charge is 0.311 e. The van der Waals surface area contributed by atoms with Crippen LogP contribution in [-0.2, 0) is 6.54 Å². The first-order chi connectivity index (χ1) is 8.75. The third-order valence-corrected chi connectivity index (χ3v) is 4.32. The van der Waals surface area contributed by atoms with Gasteiger partial charge in [-0.2, -0.15) is 0 Å². The molecule has 1 aliphatic heterocycles. The van der Waals surface area contributed by atoms with Crippen LogP contribution in [0.5, 0.6) is 0 Å². The van der Waals surface area contributed by atoms with Crippen LogP contribution in [0.4, 0.5) is 0 Å². The van der Waals surface area contributed by atoms with Gasteiger partial charge in [0, 0.05) is 21.7 Å². The molecule has 100 valence electrons. The van der Waals surface area contributed by atoms with Crippen LogP contribution in [0.2, 0.25) is 0 Å². The zero-order chi connectivity index (χ0) is 12.8. The van der Waals surface area contributed by atoms with Gasteiger partial charge in [-0.3, -0.25) is 4.98 Å². The summed E-state index contributed by atoms with van der Waals surface area (Å²) in [6.45, 7) is 5.69. The topological polar surface area (TPSA) is 28.2 Å². The summed E-state index contributed by atoms with van der Waals surface area (Å²) in [5.41, 5.74) is 1.07. The number of likely N-dealkylation sites (tertiary alicyclic amines) is 1. The van der Waals surface area contributed by atoms with Gasteiger partial charge in [-0.25, -0.2) is 0 Å². The van der Waals surface area contributed by atoms with E-state index in [4.69, 9.17) is 0 Å². The van der Waals surface area contributed by atoms with E-state index in [0.29, 0.717) is 0 Å². The Morgan fingerprint density at radius 2 is 2.06 bits per heavy atom. The van der Waals surface area contributed by atoms with E-state index in [1.54, 1.807) is 0 Å². The molecule has 0 bridgehead atoms. The van der Waals surface area contributed by atoms with E-state index in [1.807, 2.05) is 12.3 Å². The molecule has 0 spiro atoms. The summed E-state index contributed by atoms with van der Waals surface area (Å²) in [5.74, 6) is 0. The van der Waals surface area contributed by atoms with Crippen molar-refractivity contribution >= 4 is 31.9 Å². The van der Waals surface area contributed by atoms with Crippen LogP contribution in [0.1, 0.15) is 25.0 Å². The summed E-state index contributed by atoms with van der Waals surface area (Å²) in [4.78, 5) is 6.94. The maximum atomic E-state index is 4.39. The van der Waals surface area contributed by atoms with Crippen molar-refractivity contribution in [3.63, 3.8) is 0 Å². The van der Waals surface area contributed by atoms with Crippen molar-refractivity contribution < 1.29 is 0 Å². The number of nitrogens with one attached hydrogen (secondary N) is 1. The second-order valence-corrected chi connectivity index (χ2v) is 6.43. The number of hydrogen-bond donors (Lipinski definition) is 1. The van der Waals surface area contributed by atoms with E-state index in [9.17, 15) is 0 Å². The standard InChI is InChI=1S/C13H19Br2N3/c14-11-8-12(15)13(17-9-11)10-16-4-3-7-18-5-1-2-6-18/h8-9,16H,1-7,10H2. The normalized spacial score (nSPS) is 16.3. The molecular weight excluding hydrogens is 358 g/mol. The number of pyridine rings is 1. The van der Waals surface area contributed by atoms with Gasteiger partial charge in [-0.1, -0.05) is 0 Å². The molecule has 3 nitrogen and oxygen atoms in total. The Labute approximate surface area is 126 Å². The maximum Gasteiger partial charge on any atom is 0.0684 e. The van der Waals surface area contributed by atoms with Crippen LogP contribution >= 0.6 is 31.9 Å². The summed E-state index contributed by atoms with van der Waals surface area (Å²) in [6.07, 6.45) is 5.81. The van der Waals surface area contributed by atoms with Crippen LogP contribution in [0.15, 0.2) is 21.2 Å². The van der Waals surface area contributed by atoms with Crippen molar-refractivity contribution in [3.8, 4) is 0 Å². The van der Waals surface area contributed by atoms with Gasteiger partial charge in [-0.15, -0.1) is 0 Å². The molecule has 1 fully saturated rings. The quantitative estimate of drug-likeness (QED) is 0.773. The average molecular weight is 377 g/mol. The van der Waals surface area contributed by atoms with Crippen molar-refractivity contribution in [2.45, 2.75) is 25.8 Å². The average Bonchev–Trinajstić information content (AvgIpc) is 2.84. The third-order valence-electron chi connectivity index (χ3n) is 3.20. The molecule has 0 unspecified atom stereocenters. The molecule has 0 aliphatic carbocycles. The van der Waals surface area contributed by atoms with Crippen molar-refractivity contribution in [2.75, 3.05) is 26.2 Å². The highest BCUT2D eigenvalue weighted by Gasteiger charge is 2.10. The van der Waals surface area contributed by atoms with Gasteiger partial charge >= 0.3 is 0 Å². The van der Waals surface area contributed by atoms with Gasteiger partial charge < -0.3 is 10.2 Å². The molecule has 0 aromatic carbocycles. The number of hydrogen-bond acceptors (Lipinski definition) is 3. The van der Waals surface area contributed by atoms with Gasteiger partial charge in [0.25, 0.3) is 0 Å². The maximum absolute atomic E-state index is 4.39. The zero-order valence-electron chi connectivity index (χ0n) is 10.5. The molecule has 1 aliphatic rings. The van der Waals surface area contributed by atoms with Crippen molar-refractivity contribution in [3.05, 3.63) is 26.9 Å². The molecule has 1 saturated heterocycles. The lowest BCUT2D eigenvalue weighted by Crippen LogP contribution is -2.24. The number of aromatic nitrogens is 1. The van der Waals surface area contributed by atoms with Gasteiger partial charge in [-0.05, 0) is 83.4 Å². The molecule has 1 N–H and O–H groups in total. The first kappa shape index (κ1) is 14.4. The molecular formula is C13H19Br2N3. The van der Waals surface area contributed by atoms with Crippen molar-refractivity contribution in [2.24, 2.45) is 0 Å². The van der Waals surface area contributed by atoms with E-state index >= 15 is 0 Å². The fourth-order valence-corrected chi connectivity index (χ4v) is 3.34. The Kier molecular flexibility index (Phi) is 6.08. The van der Waals surface area contributed by atoms with Crippen molar-refractivity contribution in [1.29, 1.82) is 0 Å². The predicted molar refractivity (Wildman–Crippen MR) is 81.6 cm³/mol. The minimum Gasteiger partial charge on any atom is -0.311 e. The summed E-state index contributed by atoms with van der Waals surface area (Å²) in [7, 11) is 0. The SMILES string of the molecule is Brc1cnc(CNCCCN2CCCC2)c(Br)c1.